The highest BCUT2D eigenvalue weighted by atomic mass is 79.9. The third-order valence-corrected chi connectivity index (χ3v) is 4.95. The van der Waals surface area contributed by atoms with Gasteiger partial charge in [0.15, 0.2) is 0 Å². The lowest BCUT2D eigenvalue weighted by molar-refractivity contribution is 0.0927. The summed E-state index contributed by atoms with van der Waals surface area (Å²) in [4.78, 5) is 12.2. The van der Waals surface area contributed by atoms with Crippen LogP contribution in [0.15, 0.2) is 45.5 Å². The first-order valence-corrected chi connectivity index (χ1v) is 8.24. The standard InChI is InChI=1S/C17H19BrN2O2/c18-14-4-1-3-13(8-14)17(5-2-6-17)11-20-16(21)12-7-15(9-19)22-10-12/h1,3-4,7-8,10H,2,5-6,9,11,19H2,(H,20,21). The molecule has 3 N–H and O–H groups in total. The Kier molecular flexibility index (Phi) is 4.36. The maximum Gasteiger partial charge on any atom is 0.254 e. The zero-order chi connectivity index (χ0) is 15.6. The number of nitrogens with two attached hydrogens (primary N) is 1. The van der Waals surface area contributed by atoms with Crippen LogP contribution in [0.5, 0.6) is 0 Å². The summed E-state index contributed by atoms with van der Waals surface area (Å²) in [5.74, 6) is 0.514. The van der Waals surface area contributed by atoms with Crippen LogP contribution in [0.1, 0.15) is 40.9 Å². The van der Waals surface area contributed by atoms with Gasteiger partial charge in [-0.2, -0.15) is 0 Å². The molecule has 1 heterocycles. The van der Waals surface area contributed by atoms with Crippen molar-refractivity contribution in [3.8, 4) is 0 Å². The van der Waals surface area contributed by atoms with E-state index in [9.17, 15) is 4.79 Å². The summed E-state index contributed by atoms with van der Waals surface area (Å²) >= 11 is 3.52. The molecular formula is C17H19BrN2O2. The molecule has 0 bridgehead atoms. The zero-order valence-corrected chi connectivity index (χ0v) is 13.9. The van der Waals surface area contributed by atoms with Gasteiger partial charge in [-0.3, -0.25) is 4.79 Å². The van der Waals surface area contributed by atoms with E-state index in [0.717, 1.165) is 17.3 Å². The lowest BCUT2D eigenvalue weighted by Crippen LogP contribution is -2.45. The van der Waals surface area contributed by atoms with Gasteiger partial charge < -0.3 is 15.5 Å². The molecule has 0 atom stereocenters. The Morgan fingerprint density at radius 2 is 2.18 bits per heavy atom. The Bertz CT molecular complexity index is 677. The lowest BCUT2D eigenvalue weighted by Gasteiger charge is -2.42. The Balaban J connectivity index is 1.69. The van der Waals surface area contributed by atoms with E-state index in [-0.39, 0.29) is 11.3 Å². The maximum atomic E-state index is 12.2. The Labute approximate surface area is 138 Å². The minimum Gasteiger partial charge on any atom is -0.467 e. The minimum atomic E-state index is -0.107. The molecule has 1 aliphatic rings. The van der Waals surface area contributed by atoms with Gasteiger partial charge in [-0.15, -0.1) is 0 Å². The molecule has 3 rings (SSSR count). The number of hydrogen-bond acceptors (Lipinski definition) is 3. The molecule has 0 spiro atoms. The molecule has 5 heteroatoms. The van der Waals surface area contributed by atoms with Crippen LogP contribution in [0.3, 0.4) is 0 Å². The summed E-state index contributed by atoms with van der Waals surface area (Å²) in [6.45, 7) is 0.945. The normalized spacial score (nSPS) is 16.1. The van der Waals surface area contributed by atoms with Gasteiger partial charge in [0.25, 0.3) is 5.91 Å². The number of carbonyl (C=O) groups is 1. The highest BCUT2D eigenvalue weighted by molar-refractivity contribution is 9.10. The second-order valence-electron chi connectivity index (χ2n) is 5.83. The van der Waals surface area contributed by atoms with Crippen molar-refractivity contribution in [3.05, 3.63) is 58.0 Å². The van der Waals surface area contributed by atoms with Crippen LogP contribution in [0, 0.1) is 0 Å². The molecule has 4 nitrogen and oxygen atoms in total. The molecule has 1 aliphatic carbocycles. The average Bonchev–Trinajstić information content (AvgIpc) is 2.95. The Hall–Kier alpha value is -1.59. The van der Waals surface area contributed by atoms with Gasteiger partial charge >= 0.3 is 0 Å². The summed E-state index contributed by atoms with van der Waals surface area (Å²) in [5, 5.41) is 3.04. The molecule has 0 saturated heterocycles. The minimum absolute atomic E-state index is 0.0554. The molecule has 22 heavy (non-hydrogen) atoms. The van der Waals surface area contributed by atoms with Gasteiger partial charge in [-0.25, -0.2) is 0 Å². The first kappa shape index (κ1) is 15.3. The van der Waals surface area contributed by atoms with E-state index in [1.807, 2.05) is 12.1 Å². The van der Waals surface area contributed by atoms with Crippen LogP contribution in [0.4, 0.5) is 0 Å². The molecule has 1 fully saturated rings. The molecule has 1 aromatic heterocycles. The molecule has 1 aromatic carbocycles. The molecule has 1 amide bonds. The smallest absolute Gasteiger partial charge is 0.254 e. The monoisotopic (exact) mass is 362 g/mol. The van der Waals surface area contributed by atoms with Gasteiger partial charge in [0, 0.05) is 16.4 Å². The molecule has 2 aromatic rings. The van der Waals surface area contributed by atoms with Crippen LogP contribution in [0.25, 0.3) is 0 Å². The van der Waals surface area contributed by atoms with Crippen LogP contribution in [-0.4, -0.2) is 12.5 Å². The summed E-state index contributed by atoms with van der Waals surface area (Å²) in [6.07, 6.45) is 4.86. The maximum absolute atomic E-state index is 12.2. The quantitative estimate of drug-likeness (QED) is 0.856. The lowest BCUT2D eigenvalue weighted by atomic mass is 9.64. The molecule has 1 saturated carbocycles. The summed E-state index contributed by atoms with van der Waals surface area (Å²) in [6, 6.07) is 10.1. The second kappa shape index (κ2) is 6.26. The van der Waals surface area contributed by atoms with E-state index >= 15 is 0 Å². The number of halogens is 1. The fraction of sp³-hybridized carbons (Fsp3) is 0.353. The average molecular weight is 363 g/mol. The second-order valence-corrected chi connectivity index (χ2v) is 6.75. The van der Waals surface area contributed by atoms with Crippen molar-refractivity contribution in [2.24, 2.45) is 5.73 Å². The predicted octanol–water partition coefficient (Wildman–Crippen LogP) is 3.35. The Morgan fingerprint density at radius 1 is 1.36 bits per heavy atom. The number of amides is 1. The van der Waals surface area contributed by atoms with Crippen molar-refractivity contribution in [3.63, 3.8) is 0 Å². The van der Waals surface area contributed by atoms with Crippen molar-refractivity contribution in [1.82, 2.24) is 5.32 Å². The molecule has 0 radical (unpaired) electrons. The third kappa shape index (κ3) is 2.96. The number of nitrogens with one attached hydrogen (secondary N) is 1. The fourth-order valence-electron chi connectivity index (χ4n) is 2.95. The van der Waals surface area contributed by atoms with E-state index in [1.54, 1.807) is 6.07 Å². The van der Waals surface area contributed by atoms with E-state index < -0.39 is 0 Å². The topological polar surface area (TPSA) is 68.3 Å². The van der Waals surface area contributed by atoms with Crippen molar-refractivity contribution in [1.29, 1.82) is 0 Å². The van der Waals surface area contributed by atoms with Crippen molar-refractivity contribution < 1.29 is 9.21 Å². The van der Waals surface area contributed by atoms with Gasteiger partial charge in [-0.1, -0.05) is 34.5 Å². The van der Waals surface area contributed by atoms with Crippen LogP contribution < -0.4 is 11.1 Å². The van der Waals surface area contributed by atoms with E-state index in [0.29, 0.717) is 24.4 Å². The number of rotatable bonds is 5. The third-order valence-electron chi connectivity index (χ3n) is 4.45. The van der Waals surface area contributed by atoms with E-state index in [4.69, 9.17) is 10.2 Å². The summed E-state index contributed by atoms with van der Waals surface area (Å²) in [5.41, 5.74) is 7.37. The van der Waals surface area contributed by atoms with Crippen molar-refractivity contribution in [2.75, 3.05) is 6.54 Å². The zero-order valence-electron chi connectivity index (χ0n) is 12.3. The van der Waals surface area contributed by atoms with Crippen molar-refractivity contribution in [2.45, 2.75) is 31.2 Å². The molecule has 0 unspecified atom stereocenters. The van der Waals surface area contributed by atoms with Gasteiger partial charge in [-0.05, 0) is 36.6 Å². The fourth-order valence-corrected chi connectivity index (χ4v) is 3.35. The van der Waals surface area contributed by atoms with E-state index in [2.05, 4.69) is 33.4 Å². The Morgan fingerprint density at radius 3 is 2.77 bits per heavy atom. The van der Waals surface area contributed by atoms with Gasteiger partial charge in [0.2, 0.25) is 0 Å². The van der Waals surface area contributed by atoms with Crippen LogP contribution >= 0.6 is 15.9 Å². The van der Waals surface area contributed by atoms with Gasteiger partial charge in [0.1, 0.15) is 12.0 Å². The number of furan rings is 1. The molecular weight excluding hydrogens is 344 g/mol. The number of hydrogen-bond donors (Lipinski definition) is 2. The summed E-state index contributed by atoms with van der Waals surface area (Å²) in [7, 11) is 0. The van der Waals surface area contributed by atoms with Gasteiger partial charge in [0.05, 0.1) is 12.1 Å². The highest BCUT2D eigenvalue weighted by Gasteiger charge is 2.39. The molecule has 0 aliphatic heterocycles. The summed E-state index contributed by atoms with van der Waals surface area (Å²) < 4.78 is 6.29. The predicted molar refractivity (Wildman–Crippen MR) is 88.6 cm³/mol. The van der Waals surface area contributed by atoms with Crippen LogP contribution in [-0.2, 0) is 12.0 Å². The first-order valence-electron chi connectivity index (χ1n) is 7.45. The van der Waals surface area contributed by atoms with Crippen molar-refractivity contribution >= 4 is 21.8 Å². The SMILES string of the molecule is NCc1cc(C(=O)NCC2(c3cccc(Br)c3)CCC2)co1. The van der Waals surface area contributed by atoms with E-state index in [1.165, 1.54) is 18.2 Å². The number of benzene rings is 1. The largest absolute Gasteiger partial charge is 0.467 e. The number of carbonyl (C=O) groups excluding carboxylic acids is 1. The highest BCUT2D eigenvalue weighted by Crippen LogP contribution is 2.43. The first-order chi connectivity index (χ1) is 10.6. The van der Waals surface area contributed by atoms with Crippen LogP contribution in [0.2, 0.25) is 0 Å². The molecule has 116 valence electrons.